The van der Waals surface area contributed by atoms with Crippen LogP contribution in [0.15, 0.2) is 34.8 Å². The van der Waals surface area contributed by atoms with E-state index in [1.54, 1.807) is 6.07 Å². The average molecular weight is 347 g/mol. The van der Waals surface area contributed by atoms with Crippen molar-refractivity contribution in [3.8, 4) is 0 Å². The Morgan fingerprint density at radius 3 is 2.62 bits per heavy atom. The number of aromatic nitrogens is 2. The maximum atomic E-state index is 12.3. The van der Waals surface area contributed by atoms with E-state index in [1.165, 1.54) is 0 Å². The van der Waals surface area contributed by atoms with Crippen molar-refractivity contribution in [3.63, 3.8) is 0 Å². The number of aryl methyl sites for hydroxylation is 1. The van der Waals surface area contributed by atoms with Gasteiger partial charge in [-0.2, -0.15) is 0 Å². The van der Waals surface area contributed by atoms with Crippen LogP contribution in [0.25, 0.3) is 0 Å². The molecule has 1 saturated carbocycles. The Morgan fingerprint density at radius 1 is 1.24 bits per heavy atom. The second-order valence-electron chi connectivity index (χ2n) is 5.10. The van der Waals surface area contributed by atoms with Gasteiger partial charge >= 0.3 is 0 Å². The molecule has 0 unspecified atom stereocenters. The summed E-state index contributed by atoms with van der Waals surface area (Å²) in [6.07, 6.45) is 2.27. The number of nitrogens with one attached hydrogen (secondary N) is 2. The molecule has 6 heteroatoms. The van der Waals surface area contributed by atoms with Crippen LogP contribution in [0.2, 0.25) is 0 Å². The molecule has 5 nitrogen and oxygen atoms in total. The number of benzene rings is 1. The molecule has 1 heterocycles. The van der Waals surface area contributed by atoms with E-state index in [9.17, 15) is 4.79 Å². The normalized spacial score (nSPS) is 13.8. The van der Waals surface area contributed by atoms with Crippen LogP contribution in [-0.4, -0.2) is 21.9 Å². The van der Waals surface area contributed by atoms with Gasteiger partial charge in [-0.25, -0.2) is 9.97 Å². The standard InChI is InChI=1S/C15H15BrN4O/c1-9-8-13(20-15(17-9)19-12-6-7-12)14(21)18-11-4-2-10(16)3-5-11/h2-5,8,12H,6-7H2,1H3,(H,18,21)(H,17,19,20). The lowest BCUT2D eigenvalue weighted by molar-refractivity contribution is 0.102. The second kappa shape index (κ2) is 5.81. The largest absolute Gasteiger partial charge is 0.351 e. The summed E-state index contributed by atoms with van der Waals surface area (Å²) in [7, 11) is 0. The van der Waals surface area contributed by atoms with E-state index in [2.05, 4.69) is 36.5 Å². The maximum absolute atomic E-state index is 12.3. The lowest BCUT2D eigenvalue weighted by atomic mass is 10.3. The number of carbonyl (C=O) groups is 1. The van der Waals surface area contributed by atoms with Crippen molar-refractivity contribution in [3.05, 3.63) is 46.2 Å². The van der Waals surface area contributed by atoms with Gasteiger partial charge in [0.2, 0.25) is 5.95 Å². The van der Waals surface area contributed by atoms with E-state index in [0.717, 1.165) is 28.7 Å². The molecule has 0 radical (unpaired) electrons. The minimum absolute atomic E-state index is 0.235. The van der Waals surface area contributed by atoms with Gasteiger partial charge in [-0.15, -0.1) is 0 Å². The van der Waals surface area contributed by atoms with E-state index >= 15 is 0 Å². The van der Waals surface area contributed by atoms with Crippen molar-refractivity contribution in [2.24, 2.45) is 0 Å². The molecule has 0 saturated heterocycles. The Bertz CT molecular complexity index is 668. The van der Waals surface area contributed by atoms with Crippen LogP contribution in [0.4, 0.5) is 11.6 Å². The Kier molecular flexibility index (Phi) is 3.88. The van der Waals surface area contributed by atoms with Gasteiger partial charge < -0.3 is 10.6 Å². The molecular formula is C15H15BrN4O. The maximum Gasteiger partial charge on any atom is 0.274 e. The summed E-state index contributed by atoms with van der Waals surface area (Å²) in [5, 5.41) is 6.05. The number of nitrogens with zero attached hydrogens (tertiary/aromatic N) is 2. The lowest BCUT2D eigenvalue weighted by Gasteiger charge is -2.08. The fourth-order valence-corrected chi connectivity index (χ4v) is 2.15. The summed E-state index contributed by atoms with van der Waals surface area (Å²) in [6, 6.07) is 9.56. The fraction of sp³-hybridized carbons (Fsp3) is 0.267. The molecule has 1 aromatic carbocycles. The molecule has 1 aromatic heterocycles. The highest BCUT2D eigenvalue weighted by molar-refractivity contribution is 9.10. The van der Waals surface area contributed by atoms with Gasteiger partial charge in [-0.1, -0.05) is 15.9 Å². The van der Waals surface area contributed by atoms with Crippen LogP contribution in [0.5, 0.6) is 0 Å². The molecule has 1 fully saturated rings. The van der Waals surface area contributed by atoms with Gasteiger partial charge in [0.15, 0.2) is 0 Å². The molecule has 108 valence electrons. The molecule has 0 atom stereocenters. The van der Waals surface area contributed by atoms with Gasteiger partial charge in [0.05, 0.1) is 0 Å². The van der Waals surface area contributed by atoms with E-state index in [0.29, 0.717) is 17.7 Å². The third kappa shape index (κ3) is 3.78. The summed E-state index contributed by atoms with van der Waals surface area (Å²) in [5.74, 6) is 0.292. The lowest BCUT2D eigenvalue weighted by Crippen LogP contribution is -2.16. The molecule has 0 bridgehead atoms. The predicted molar refractivity (Wildman–Crippen MR) is 85.5 cm³/mol. The molecule has 1 amide bonds. The predicted octanol–water partition coefficient (Wildman–Crippen LogP) is 3.37. The molecule has 1 aliphatic rings. The van der Waals surface area contributed by atoms with Crippen molar-refractivity contribution < 1.29 is 4.79 Å². The molecular weight excluding hydrogens is 332 g/mol. The fourth-order valence-electron chi connectivity index (χ4n) is 1.89. The first-order valence-corrected chi connectivity index (χ1v) is 7.58. The van der Waals surface area contributed by atoms with E-state index in [1.807, 2.05) is 31.2 Å². The number of carbonyl (C=O) groups excluding carboxylic acids is 1. The smallest absolute Gasteiger partial charge is 0.274 e. The SMILES string of the molecule is Cc1cc(C(=O)Nc2ccc(Br)cc2)nc(NC2CC2)n1. The van der Waals surface area contributed by atoms with E-state index < -0.39 is 0 Å². The molecule has 0 spiro atoms. The Labute approximate surface area is 131 Å². The molecule has 2 N–H and O–H groups in total. The van der Waals surface area contributed by atoms with Crippen LogP contribution in [-0.2, 0) is 0 Å². The monoisotopic (exact) mass is 346 g/mol. The number of halogens is 1. The zero-order valence-electron chi connectivity index (χ0n) is 11.6. The number of hydrogen-bond donors (Lipinski definition) is 2. The summed E-state index contributed by atoms with van der Waals surface area (Å²) in [5.41, 5.74) is 1.87. The third-order valence-corrected chi connectivity index (χ3v) is 3.63. The topological polar surface area (TPSA) is 66.9 Å². The zero-order chi connectivity index (χ0) is 14.8. The van der Waals surface area contributed by atoms with Gasteiger partial charge in [0.1, 0.15) is 5.69 Å². The quantitative estimate of drug-likeness (QED) is 0.890. The molecule has 0 aliphatic heterocycles. The zero-order valence-corrected chi connectivity index (χ0v) is 13.1. The summed E-state index contributed by atoms with van der Waals surface area (Å²) in [6.45, 7) is 1.86. The first-order chi connectivity index (χ1) is 10.1. The number of amides is 1. The molecule has 3 rings (SSSR count). The highest BCUT2D eigenvalue weighted by Crippen LogP contribution is 2.23. The average Bonchev–Trinajstić information content (AvgIpc) is 3.24. The van der Waals surface area contributed by atoms with Crippen LogP contribution in [0.3, 0.4) is 0 Å². The Balaban J connectivity index is 1.76. The van der Waals surface area contributed by atoms with Crippen LogP contribution >= 0.6 is 15.9 Å². The van der Waals surface area contributed by atoms with Crippen LogP contribution in [0.1, 0.15) is 29.0 Å². The van der Waals surface area contributed by atoms with Gasteiger partial charge in [-0.05, 0) is 50.1 Å². The summed E-state index contributed by atoms with van der Waals surface area (Å²) in [4.78, 5) is 20.9. The van der Waals surface area contributed by atoms with Crippen molar-refractivity contribution >= 4 is 33.5 Å². The first-order valence-electron chi connectivity index (χ1n) is 6.79. The highest BCUT2D eigenvalue weighted by atomic mass is 79.9. The number of hydrogen-bond acceptors (Lipinski definition) is 4. The minimum Gasteiger partial charge on any atom is -0.351 e. The number of anilines is 2. The van der Waals surface area contributed by atoms with E-state index in [-0.39, 0.29) is 5.91 Å². The first kappa shape index (κ1) is 14.0. The molecule has 21 heavy (non-hydrogen) atoms. The van der Waals surface area contributed by atoms with Gasteiger partial charge in [-0.3, -0.25) is 4.79 Å². The van der Waals surface area contributed by atoms with Crippen molar-refractivity contribution in [2.45, 2.75) is 25.8 Å². The van der Waals surface area contributed by atoms with Crippen molar-refractivity contribution in [1.82, 2.24) is 9.97 Å². The molecule has 2 aromatic rings. The summed E-state index contributed by atoms with van der Waals surface area (Å²) >= 11 is 3.36. The van der Waals surface area contributed by atoms with Gasteiger partial charge in [0.25, 0.3) is 5.91 Å². The number of rotatable bonds is 4. The van der Waals surface area contributed by atoms with Crippen LogP contribution in [0, 0.1) is 6.92 Å². The van der Waals surface area contributed by atoms with Crippen molar-refractivity contribution in [2.75, 3.05) is 10.6 Å². The van der Waals surface area contributed by atoms with Gasteiger partial charge in [0, 0.05) is 21.9 Å². The highest BCUT2D eigenvalue weighted by Gasteiger charge is 2.22. The van der Waals surface area contributed by atoms with Crippen LogP contribution < -0.4 is 10.6 Å². The second-order valence-corrected chi connectivity index (χ2v) is 6.01. The third-order valence-electron chi connectivity index (χ3n) is 3.10. The van der Waals surface area contributed by atoms with Crippen molar-refractivity contribution in [1.29, 1.82) is 0 Å². The molecule has 1 aliphatic carbocycles. The Hall–Kier alpha value is -1.95. The Morgan fingerprint density at radius 2 is 1.95 bits per heavy atom. The van der Waals surface area contributed by atoms with E-state index in [4.69, 9.17) is 0 Å². The summed E-state index contributed by atoms with van der Waals surface area (Å²) < 4.78 is 0.967. The minimum atomic E-state index is -0.235.